The summed E-state index contributed by atoms with van der Waals surface area (Å²) in [6, 6.07) is 10.3. The number of methoxy groups -OCH3 is 2. The Bertz CT molecular complexity index is 2300. The van der Waals surface area contributed by atoms with Crippen LogP contribution in [0.5, 0.6) is 17.2 Å². The lowest BCUT2D eigenvalue weighted by atomic mass is 9.66. The Balaban J connectivity index is 1.54. The number of aryl methyl sites for hydroxylation is 1. The van der Waals surface area contributed by atoms with Crippen LogP contribution in [0.3, 0.4) is 0 Å². The molecule has 0 saturated heterocycles. The van der Waals surface area contributed by atoms with E-state index in [4.69, 9.17) is 25.8 Å². The summed E-state index contributed by atoms with van der Waals surface area (Å²) in [5, 5.41) is 3.86. The monoisotopic (exact) mass is 644 g/mol. The predicted molar refractivity (Wildman–Crippen MR) is 170 cm³/mol. The van der Waals surface area contributed by atoms with Gasteiger partial charge in [-0.25, -0.2) is 4.79 Å². The fourth-order valence-corrected chi connectivity index (χ4v) is 7.42. The molecule has 46 heavy (non-hydrogen) atoms. The minimum Gasteiger partial charge on any atom is -0.496 e. The summed E-state index contributed by atoms with van der Waals surface area (Å²) in [5.74, 6) is -2.95. The number of allylic oxidation sites excluding steroid dienone is 1. The minimum absolute atomic E-state index is 0.000709. The summed E-state index contributed by atoms with van der Waals surface area (Å²) in [7, 11) is 7.23. The normalized spacial score (nSPS) is 21.5. The van der Waals surface area contributed by atoms with Gasteiger partial charge in [0.15, 0.2) is 5.75 Å². The molecule has 2 aromatic carbocycles. The maximum Gasteiger partial charge on any atom is 0.332 e. The van der Waals surface area contributed by atoms with Crippen molar-refractivity contribution in [1.29, 1.82) is 0 Å². The average Bonchev–Trinajstić information content (AvgIpc) is 3.37. The lowest BCUT2D eigenvalue weighted by Crippen LogP contribution is -2.58. The molecule has 0 saturated carbocycles. The second kappa shape index (κ2) is 9.95. The molecule has 0 amide bonds. The largest absolute Gasteiger partial charge is 0.496 e. The molecule has 0 radical (unpaired) electrons. The van der Waals surface area contributed by atoms with Crippen molar-refractivity contribution in [2.24, 2.45) is 27.1 Å². The van der Waals surface area contributed by atoms with E-state index in [0.29, 0.717) is 16.6 Å². The summed E-state index contributed by atoms with van der Waals surface area (Å²) in [6.07, 6.45) is 0.102. The number of hydrogen-bond donors (Lipinski definition) is 1. The molecular formula is C33H29ClN4O8. The molecule has 3 aliphatic rings. The number of carbonyl (C=O) groups excluding carboxylic acids is 2. The molecule has 2 aromatic heterocycles. The Morgan fingerprint density at radius 2 is 1.61 bits per heavy atom. The number of pyridine rings is 1. The average molecular weight is 645 g/mol. The topological polar surface area (TPSA) is 140 Å². The molecule has 0 fully saturated rings. The van der Waals surface area contributed by atoms with Crippen molar-refractivity contribution >= 4 is 39.9 Å². The first-order chi connectivity index (χ1) is 21.9. The molecule has 4 aromatic rings. The number of ether oxygens (including phenoxy) is 3. The first-order valence-corrected chi connectivity index (χ1v) is 14.9. The molecule has 1 N–H and O–H groups in total. The molecule has 236 valence electrons. The Kier molecular flexibility index (Phi) is 6.40. The SMILES string of the molecule is COc1cc(OC)c2c(c1Cl)O[C@@]1(C(=O)C3=C(C[C@H]1C)Nc1c(c(=O)n(C)c(=O)n1C)[C@H]3c1cc3ccccc3n(C)c1=O)C2=O. The smallest absolute Gasteiger partial charge is 0.332 e. The van der Waals surface area contributed by atoms with Gasteiger partial charge in [0.1, 0.15) is 27.9 Å². The first kappa shape index (κ1) is 29.6. The minimum atomic E-state index is -2.09. The lowest BCUT2D eigenvalue weighted by Gasteiger charge is -2.42. The molecule has 3 atom stereocenters. The van der Waals surface area contributed by atoms with E-state index >= 15 is 4.79 Å². The molecule has 13 heteroatoms. The summed E-state index contributed by atoms with van der Waals surface area (Å²) in [5.41, 5.74) is -2.61. The zero-order valence-electron chi connectivity index (χ0n) is 25.8. The third-order valence-electron chi connectivity index (χ3n) is 9.55. The number of aromatic nitrogens is 3. The Morgan fingerprint density at radius 1 is 0.913 bits per heavy atom. The van der Waals surface area contributed by atoms with Crippen molar-refractivity contribution in [2.45, 2.75) is 24.9 Å². The number of para-hydroxylation sites is 1. The fourth-order valence-electron chi connectivity index (χ4n) is 7.15. The number of nitrogens with one attached hydrogen (secondary N) is 1. The summed E-state index contributed by atoms with van der Waals surface area (Å²) < 4.78 is 20.9. The van der Waals surface area contributed by atoms with Gasteiger partial charge in [-0.2, -0.15) is 0 Å². The van der Waals surface area contributed by atoms with Gasteiger partial charge in [-0.3, -0.25) is 28.3 Å². The van der Waals surface area contributed by atoms with Crippen LogP contribution in [-0.2, 0) is 25.9 Å². The van der Waals surface area contributed by atoms with Gasteiger partial charge in [0.05, 0.1) is 31.2 Å². The standard InChI is InChI=1S/C33H29ClN4O8/c1-14-11-17-22(27(39)33(14)28(40)23-19(44-5)13-20(45-6)25(34)26(23)46-33)21(24-29(35-17)37(3)32(43)38(4)31(24)42)16-12-15-9-7-8-10-18(15)36(2)30(16)41/h7-10,12-14,21,35H,11H2,1-6H3/t14-,21+,33+/m1/s1. The highest BCUT2D eigenvalue weighted by molar-refractivity contribution is 6.36. The fraction of sp³-hybridized carbons (Fsp3) is 0.303. The number of benzene rings is 2. The molecule has 0 unspecified atom stereocenters. The Morgan fingerprint density at radius 3 is 2.30 bits per heavy atom. The van der Waals surface area contributed by atoms with Gasteiger partial charge in [-0.05, 0) is 23.9 Å². The third kappa shape index (κ3) is 3.58. The van der Waals surface area contributed by atoms with Crippen LogP contribution in [0.2, 0.25) is 5.02 Å². The van der Waals surface area contributed by atoms with Crippen molar-refractivity contribution < 1.29 is 23.8 Å². The number of ketones is 2. The van der Waals surface area contributed by atoms with Gasteiger partial charge in [0, 0.05) is 50.0 Å². The van der Waals surface area contributed by atoms with E-state index in [-0.39, 0.29) is 56.8 Å². The summed E-state index contributed by atoms with van der Waals surface area (Å²) in [4.78, 5) is 70.7. The highest BCUT2D eigenvalue weighted by atomic mass is 35.5. The van der Waals surface area contributed by atoms with Gasteiger partial charge in [-0.1, -0.05) is 36.7 Å². The van der Waals surface area contributed by atoms with Gasteiger partial charge in [0.25, 0.3) is 11.1 Å². The molecule has 7 rings (SSSR count). The van der Waals surface area contributed by atoms with Crippen molar-refractivity contribution in [2.75, 3.05) is 19.5 Å². The van der Waals surface area contributed by atoms with E-state index in [1.54, 1.807) is 32.2 Å². The summed E-state index contributed by atoms with van der Waals surface area (Å²) in [6.45, 7) is 1.70. The number of Topliss-reactive ketones (excluding diaryl/α,β-unsaturated/α-hetero) is 2. The van der Waals surface area contributed by atoms with Crippen LogP contribution in [0.15, 0.2) is 62.1 Å². The van der Waals surface area contributed by atoms with Crippen molar-refractivity contribution in [3.63, 3.8) is 0 Å². The van der Waals surface area contributed by atoms with Crippen LogP contribution in [0, 0.1) is 5.92 Å². The second-order valence-electron chi connectivity index (χ2n) is 11.8. The van der Waals surface area contributed by atoms with Crippen LogP contribution in [-0.4, -0.2) is 45.1 Å². The zero-order valence-corrected chi connectivity index (χ0v) is 26.6. The molecule has 0 bridgehead atoms. The molecule has 12 nitrogen and oxygen atoms in total. The molecule has 1 aliphatic carbocycles. The lowest BCUT2D eigenvalue weighted by molar-refractivity contribution is -0.130. The predicted octanol–water partition coefficient (Wildman–Crippen LogP) is 3.04. The van der Waals surface area contributed by atoms with E-state index in [1.807, 2.05) is 12.1 Å². The van der Waals surface area contributed by atoms with Crippen LogP contribution in [0.4, 0.5) is 5.82 Å². The van der Waals surface area contributed by atoms with Gasteiger partial charge >= 0.3 is 5.69 Å². The number of nitrogens with zero attached hydrogens (tertiary/aromatic N) is 3. The highest BCUT2D eigenvalue weighted by Gasteiger charge is 2.64. The maximum absolute atomic E-state index is 15.1. The van der Waals surface area contributed by atoms with E-state index in [1.165, 1.54) is 43.5 Å². The number of hydrogen-bond acceptors (Lipinski definition) is 9. The summed E-state index contributed by atoms with van der Waals surface area (Å²) >= 11 is 6.63. The van der Waals surface area contributed by atoms with Gasteiger partial charge in [-0.15, -0.1) is 0 Å². The van der Waals surface area contributed by atoms with Gasteiger partial charge in [0.2, 0.25) is 17.2 Å². The van der Waals surface area contributed by atoms with E-state index < -0.39 is 45.8 Å². The molecular weight excluding hydrogens is 616 g/mol. The van der Waals surface area contributed by atoms with E-state index in [2.05, 4.69) is 5.32 Å². The second-order valence-corrected chi connectivity index (χ2v) is 12.2. The van der Waals surface area contributed by atoms with Crippen molar-refractivity contribution in [3.8, 4) is 17.2 Å². The van der Waals surface area contributed by atoms with E-state index in [0.717, 1.165) is 4.57 Å². The molecule has 4 heterocycles. The maximum atomic E-state index is 15.1. The number of fused-ring (bicyclic) bond motifs is 3. The van der Waals surface area contributed by atoms with Crippen molar-refractivity contribution in [1.82, 2.24) is 13.7 Å². The Labute approximate surface area is 266 Å². The van der Waals surface area contributed by atoms with Crippen molar-refractivity contribution in [3.05, 3.63) is 101 Å². The number of halogens is 1. The third-order valence-corrected chi connectivity index (χ3v) is 9.91. The zero-order chi connectivity index (χ0) is 33.0. The molecule has 2 aliphatic heterocycles. The Hall–Kier alpha value is -5.10. The van der Waals surface area contributed by atoms with Crippen LogP contribution >= 0.6 is 11.6 Å². The number of rotatable bonds is 3. The van der Waals surface area contributed by atoms with E-state index in [9.17, 15) is 19.2 Å². The van der Waals surface area contributed by atoms with Crippen LogP contribution < -0.4 is 36.3 Å². The quantitative estimate of drug-likeness (QED) is 0.333. The van der Waals surface area contributed by atoms with Gasteiger partial charge < -0.3 is 24.1 Å². The van der Waals surface area contributed by atoms with Crippen LogP contribution in [0.1, 0.15) is 40.7 Å². The first-order valence-electron chi connectivity index (χ1n) is 14.5. The highest BCUT2D eigenvalue weighted by Crippen LogP contribution is 2.56. The molecule has 1 spiro atoms. The van der Waals surface area contributed by atoms with Crippen LogP contribution in [0.25, 0.3) is 10.9 Å². The number of carbonyl (C=O) groups is 2. The number of anilines is 1.